The molecular formula is C14H18N2O. The van der Waals surface area contributed by atoms with E-state index in [4.69, 9.17) is 4.52 Å². The van der Waals surface area contributed by atoms with Crippen molar-refractivity contribution in [1.29, 1.82) is 0 Å². The number of nitrogens with zero attached hydrogens (tertiary/aromatic N) is 2. The maximum Gasteiger partial charge on any atom is 0.227 e. The minimum Gasteiger partial charge on any atom is -0.339 e. The van der Waals surface area contributed by atoms with E-state index in [1.54, 1.807) is 0 Å². The number of aryl methyl sites for hydroxylation is 1. The van der Waals surface area contributed by atoms with Crippen LogP contribution in [0.15, 0.2) is 28.8 Å². The fourth-order valence-electron chi connectivity index (χ4n) is 1.68. The van der Waals surface area contributed by atoms with Gasteiger partial charge < -0.3 is 4.52 Å². The predicted molar refractivity (Wildman–Crippen MR) is 67.6 cm³/mol. The molecule has 0 aliphatic carbocycles. The molecule has 0 fully saturated rings. The summed E-state index contributed by atoms with van der Waals surface area (Å²) in [6.07, 6.45) is 0.797. The van der Waals surface area contributed by atoms with Gasteiger partial charge in [0, 0.05) is 12.0 Å². The van der Waals surface area contributed by atoms with Crippen LogP contribution in [0.1, 0.15) is 32.2 Å². The third-order valence-corrected chi connectivity index (χ3v) is 2.43. The minimum atomic E-state index is 0.163. The second-order valence-electron chi connectivity index (χ2n) is 5.62. The van der Waals surface area contributed by atoms with Gasteiger partial charge in [0.1, 0.15) is 0 Å². The van der Waals surface area contributed by atoms with Gasteiger partial charge in [-0.25, -0.2) is 0 Å². The molecule has 2 aromatic rings. The summed E-state index contributed by atoms with van der Waals surface area (Å²) in [5, 5.41) is 4.03. The van der Waals surface area contributed by atoms with Crippen molar-refractivity contribution in [2.75, 3.05) is 0 Å². The Labute approximate surface area is 102 Å². The van der Waals surface area contributed by atoms with Gasteiger partial charge in [-0.15, -0.1) is 0 Å². The second-order valence-corrected chi connectivity index (χ2v) is 5.62. The number of benzene rings is 1. The fourth-order valence-corrected chi connectivity index (χ4v) is 1.68. The first kappa shape index (κ1) is 11.8. The van der Waals surface area contributed by atoms with E-state index in [0.29, 0.717) is 11.7 Å². The number of rotatable bonds is 2. The summed E-state index contributed by atoms with van der Waals surface area (Å²) in [6.45, 7) is 8.52. The lowest BCUT2D eigenvalue weighted by Gasteiger charge is -2.13. The SMILES string of the molecule is Cc1cccc(-c2noc(CC(C)(C)C)n2)c1. The molecule has 0 aliphatic rings. The normalized spacial score (nSPS) is 11.8. The molecule has 0 saturated heterocycles. The van der Waals surface area contributed by atoms with E-state index in [1.807, 2.05) is 12.1 Å². The van der Waals surface area contributed by atoms with Crippen molar-refractivity contribution in [1.82, 2.24) is 10.1 Å². The van der Waals surface area contributed by atoms with Crippen molar-refractivity contribution in [3.8, 4) is 11.4 Å². The van der Waals surface area contributed by atoms with Crippen LogP contribution in [0, 0.1) is 12.3 Å². The zero-order valence-electron chi connectivity index (χ0n) is 10.8. The summed E-state index contributed by atoms with van der Waals surface area (Å²) >= 11 is 0. The van der Waals surface area contributed by atoms with Gasteiger partial charge in [0.05, 0.1) is 0 Å². The van der Waals surface area contributed by atoms with Gasteiger partial charge in [0.15, 0.2) is 0 Å². The van der Waals surface area contributed by atoms with Gasteiger partial charge in [0.25, 0.3) is 0 Å². The van der Waals surface area contributed by atoms with Gasteiger partial charge in [-0.1, -0.05) is 49.7 Å². The van der Waals surface area contributed by atoms with Crippen molar-refractivity contribution < 1.29 is 4.52 Å². The molecule has 1 heterocycles. The molecule has 0 aliphatic heterocycles. The molecule has 3 heteroatoms. The lowest BCUT2D eigenvalue weighted by atomic mass is 9.92. The minimum absolute atomic E-state index is 0.163. The van der Waals surface area contributed by atoms with E-state index in [1.165, 1.54) is 5.56 Å². The van der Waals surface area contributed by atoms with Gasteiger partial charge >= 0.3 is 0 Å². The molecule has 0 radical (unpaired) electrons. The third-order valence-electron chi connectivity index (χ3n) is 2.43. The average molecular weight is 230 g/mol. The molecule has 0 atom stereocenters. The first-order valence-corrected chi connectivity index (χ1v) is 5.84. The van der Waals surface area contributed by atoms with Crippen molar-refractivity contribution in [2.24, 2.45) is 5.41 Å². The Morgan fingerprint density at radius 2 is 2.00 bits per heavy atom. The van der Waals surface area contributed by atoms with E-state index in [9.17, 15) is 0 Å². The van der Waals surface area contributed by atoms with Gasteiger partial charge in [-0.2, -0.15) is 4.98 Å². The number of hydrogen-bond donors (Lipinski definition) is 0. The predicted octanol–water partition coefficient (Wildman–Crippen LogP) is 3.63. The van der Waals surface area contributed by atoms with Crippen LogP contribution in [0.25, 0.3) is 11.4 Å². The quantitative estimate of drug-likeness (QED) is 0.790. The van der Waals surface area contributed by atoms with E-state index < -0.39 is 0 Å². The highest BCUT2D eigenvalue weighted by Crippen LogP contribution is 2.22. The molecule has 17 heavy (non-hydrogen) atoms. The molecule has 1 aromatic heterocycles. The summed E-state index contributed by atoms with van der Waals surface area (Å²) in [7, 11) is 0. The summed E-state index contributed by atoms with van der Waals surface area (Å²) in [6, 6.07) is 8.12. The molecule has 0 bridgehead atoms. The highest BCUT2D eigenvalue weighted by atomic mass is 16.5. The molecule has 0 unspecified atom stereocenters. The maximum atomic E-state index is 5.27. The van der Waals surface area contributed by atoms with Crippen molar-refractivity contribution in [3.05, 3.63) is 35.7 Å². The van der Waals surface area contributed by atoms with Gasteiger partial charge in [-0.3, -0.25) is 0 Å². The maximum absolute atomic E-state index is 5.27. The van der Waals surface area contributed by atoms with Crippen LogP contribution >= 0.6 is 0 Å². The molecule has 3 nitrogen and oxygen atoms in total. The Morgan fingerprint density at radius 3 is 2.65 bits per heavy atom. The molecular weight excluding hydrogens is 212 g/mol. The van der Waals surface area contributed by atoms with Crippen LogP contribution < -0.4 is 0 Å². The molecule has 0 spiro atoms. The number of hydrogen-bond acceptors (Lipinski definition) is 3. The summed E-state index contributed by atoms with van der Waals surface area (Å²) in [5.74, 6) is 1.38. The van der Waals surface area contributed by atoms with Gasteiger partial charge in [0.2, 0.25) is 11.7 Å². The molecule has 0 N–H and O–H groups in total. The molecule has 2 rings (SSSR count). The average Bonchev–Trinajstić information content (AvgIpc) is 2.63. The largest absolute Gasteiger partial charge is 0.339 e. The molecule has 0 saturated carbocycles. The smallest absolute Gasteiger partial charge is 0.227 e. The Balaban J connectivity index is 2.24. The summed E-state index contributed by atoms with van der Waals surface area (Å²) < 4.78 is 5.27. The lowest BCUT2D eigenvalue weighted by Crippen LogP contribution is -2.09. The zero-order valence-corrected chi connectivity index (χ0v) is 10.8. The van der Waals surface area contributed by atoms with Crippen LogP contribution in [0.3, 0.4) is 0 Å². The lowest BCUT2D eigenvalue weighted by molar-refractivity contribution is 0.314. The highest BCUT2D eigenvalue weighted by molar-refractivity contribution is 5.55. The molecule has 0 amide bonds. The Morgan fingerprint density at radius 1 is 1.24 bits per heavy atom. The number of aromatic nitrogens is 2. The van der Waals surface area contributed by atoms with Crippen molar-refractivity contribution >= 4 is 0 Å². The third kappa shape index (κ3) is 3.16. The van der Waals surface area contributed by atoms with Crippen LogP contribution in [-0.2, 0) is 6.42 Å². The Bertz CT molecular complexity index is 509. The Hall–Kier alpha value is -1.64. The second kappa shape index (κ2) is 4.32. The Kier molecular flexibility index (Phi) is 3.01. The molecule has 90 valence electrons. The van der Waals surface area contributed by atoms with Crippen LogP contribution in [0.4, 0.5) is 0 Å². The monoisotopic (exact) mass is 230 g/mol. The summed E-state index contributed by atoms with van der Waals surface area (Å²) in [5.41, 5.74) is 2.37. The van der Waals surface area contributed by atoms with Crippen LogP contribution in [0.5, 0.6) is 0 Å². The first-order chi connectivity index (χ1) is 7.94. The van der Waals surface area contributed by atoms with Crippen molar-refractivity contribution in [3.63, 3.8) is 0 Å². The van der Waals surface area contributed by atoms with E-state index in [0.717, 1.165) is 12.0 Å². The standard InChI is InChI=1S/C14H18N2O/c1-10-6-5-7-11(8-10)13-15-12(17-16-13)9-14(2,3)4/h5-8H,9H2,1-4H3. The molecule has 1 aromatic carbocycles. The zero-order chi connectivity index (χ0) is 12.5. The first-order valence-electron chi connectivity index (χ1n) is 5.84. The van der Waals surface area contributed by atoms with E-state index in [-0.39, 0.29) is 5.41 Å². The summed E-state index contributed by atoms with van der Waals surface area (Å²) in [4.78, 5) is 4.43. The van der Waals surface area contributed by atoms with Crippen LogP contribution in [-0.4, -0.2) is 10.1 Å². The van der Waals surface area contributed by atoms with E-state index >= 15 is 0 Å². The van der Waals surface area contributed by atoms with Crippen molar-refractivity contribution in [2.45, 2.75) is 34.1 Å². The van der Waals surface area contributed by atoms with Crippen LogP contribution in [0.2, 0.25) is 0 Å². The fraction of sp³-hybridized carbons (Fsp3) is 0.429. The topological polar surface area (TPSA) is 38.9 Å². The van der Waals surface area contributed by atoms with Gasteiger partial charge in [-0.05, 0) is 18.4 Å². The highest BCUT2D eigenvalue weighted by Gasteiger charge is 2.17. The van der Waals surface area contributed by atoms with E-state index in [2.05, 4.69) is 50.0 Å².